The summed E-state index contributed by atoms with van der Waals surface area (Å²) in [6, 6.07) is 0. The zero-order valence-electron chi connectivity index (χ0n) is 58.1. The number of aliphatic hydroxyl groups excluding tert-OH is 1. The fraction of sp³-hybridized carbons (Fsp3) is 0.944. The predicted molar refractivity (Wildman–Crippen MR) is 363 cm³/mol. The fourth-order valence-electron chi connectivity index (χ4n) is 10.9. The first-order valence-corrected chi connectivity index (χ1v) is 40.3. The number of hydrogen-bond donors (Lipinski definition) is 3. The first kappa shape index (κ1) is 88.1. The topological polar surface area (TPSA) is 237 Å². The lowest BCUT2D eigenvalue weighted by Gasteiger charge is -2.21. The molecule has 0 aromatic rings. The number of unbranched alkanes of at least 4 members (excludes halogenated alkanes) is 46. The van der Waals surface area contributed by atoms with Gasteiger partial charge in [-0.1, -0.05) is 323 Å². The lowest BCUT2D eigenvalue weighted by Crippen LogP contribution is -2.30. The monoisotopic (exact) mass is 1320 g/mol. The van der Waals surface area contributed by atoms with Gasteiger partial charge in [-0.15, -0.1) is 0 Å². The third-order valence-corrected chi connectivity index (χ3v) is 18.5. The van der Waals surface area contributed by atoms with Crippen molar-refractivity contribution in [2.24, 2.45) is 0 Å². The van der Waals surface area contributed by atoms with Crippen LogP contribution < -0.4 is 0 Å². The van der Waals surface area contributed by atoms with Crippen LogP contribution in [0.25, 0.3) is 0 Å². The molecule has 0 heterocycles. The third-order valence-electron chi connectivity index (χ3n) is 16.6. The van der Waals surface area contributed by atoms with Crippen molar-refractivity contribution in [2.75, 3.05) is 39.6 Å². The Labute approximate surface area is 549 Å². The van der Waals surface area contributed by atoms with Gasteiger partial charge >= 0.3 is 39.5 Å². The van der Waals surface area contributed by atoms with Crippen molar-refractivity contribution >= 4 is 39.5 Å². The molecule has 0 radical (unpaired) electrons. The molecule has 0 aromatic carbocycles. The van der Waals surface area contributed by atoms with Crippen molar-refractivity contribution in [2.45, 2.75) is 393 Å². The van der Waals surface area contributed by atoms with E-state index in [0.29, 0.717) is 25.7 Å². The largest absolute Gasteiger partial charge is 0.472 e. The van der Waals surface area contributed by atoms with E-state index in [1.165, 1.54) is 193 Å². The predicted octanol–water partition coefficient (Wildman–Crippen LogP) is 20.7. The molecule has 0 saturated carbocycles. The van der Waals surface area contributed by atoms with Crippen LogP contribution >= 0.6 is 15.6 Å². The highest BCUT2D eigenvalue weighted by atomic mass is 31.2. The maximum atomic E-state index is 13.0. The van der Waals surface area contributed by atoms with Crippen LogP contribution in [0.3, 0.4) is 0 Å². The molecule has 5 atom stereocenters. The normalized spacial score (nSPS) is 14.0. The number of phosphoric ester groups is 2. The van der Waals surface area contributed by atoms with Crippen molar-refractivity contribution in [1.82, 2.24) is 0 Å². The van der Waals surface area contributed by atoms with Gasteiger partial charge in [0.25, 0.3) is 0 Å². The van der Waals surface area contributed by atoms with E-state index < -0.39 is 97.5 Å². The van der Waals surface area contributed by atoms with Crippen molar-refractivity contribution in [1.29, 1.82) is 0 Å². The highest BCUT2D eigenvalue weighted by Gasteiger charge is 2.30. The smallest absolute Gasteiger partial charge is 0.462 e. The van der Waals surface area contributed by atoms with Gasteiger partial charge in [-0.2, -0.15) is 0 Å². The molecule has 0 rings (SSSR count). The lowest BCUT2D eigenvalue weighted by atomic mass is 10.0. The van der Waals surface area contributed by atoms with Crippen LogP contribution in [0.15, 0.2) is 0 Å². The summed E-state index contributed by atoms with van der Waals surface area (Å²) in [5.41, 5.74) is 0. The van der Waals surface area contributed by atoms with Crippen molar-refractivity contribution < 1.29 is 80.2 Å². The van der Waals surface area contributed by atoms with Crippen molar-refractivity contribution in [3.8, 4) is 0 Å². The molecule has 2 unspecified atom stereocenters. The second-order valence-electron chi connectivity index (χ2n) is 25.6. The van der Waals surface area contributed by atoms with E-state index in [2.05, 4.69) is 27.7 Å². The molecule has 0 aliphatic heterocycles. The number of carbonyl (C=O) groups excluding carboxylic acids is 4. The molecule has 0 amide bonds. The molecule has 0 spiro atoms. The third kappa shape index (κ3) is 64.8. The van der Waals surface area contributed by atoms with Crippen LogP contribution in [-0.4, -0.2) is 96.7 Å². The zero-order valence-corrected chi connectivity index (χ0v) is 59.9. The summed E-state index contributed by atoms with van der Waals surface area (Å²) in [7, 11) is -9.89. The SMILES string of the molecule is CCCCCCCCCCCCCCCCCCCCCC(=O)O[C@H](COC(=O)CCCCCCCCCCCCCC)COP(=O)(O)OC[C@@H](O)COP(=O)(O)OC[C@@H](COC(=O)CCCCCCCCC)OC(=O)CCCCCCCCCCCCCC. The molecule has 534 valence electrons. The standard InChI is InChI=1S/C71H138O17P2/c1-5-9-13-17-21-24-27-30-31-32-33-34-35-36-39-42-46-50-54-58-71(76)88-67(62-82-69(74)56-52-48-44-40-37-28-25-22-18-14-10-6-2)64-86-90(79,80)84-60-65(72)59-83-89(77,78)85-63-66(61-81-68(73)55-51-47-43-20-16-12-8-4)87-70(75)57-53-49-45-41-38-29-26-23-19-15-11-7-3/h65-67,72H,5-64H2,1-4H3,(H,77,78)(H,79,80)/t65-,66+,67+/m0/s1. The quantitative estimate of drug-likeness (QED) is 0.0222. The van der Waals surface area contributed by atoms with Crippen LogP contribution in [0.1, 0.15) is 374 Å². The molecule has 90 heavy (non-hydrogen) atoms. The number of aliphatic hydroxyl groups is 1. The van der Waals surface area contributed by atoms with Crippen LogP contribution in [0.4, 0.5) is 0 Å². The van der Waals surface area contributed by atoms with Crippen LogP contribution in [-0.2, 0) is 65.4 Å². The van der Waals surface area contributed by atoms with Crippen LogP contribution in [0.5, 0.6) is 0 Å². The van der Waals surface area contributed by atoms with Crippen molar-refractivity contribution in [3.05, 3.63) is 0 Å². The van der Waals surface area contributed by atoms with Gasteiger partial charge in [0.1, 0.15) is 19.3 Å². The minimum absolute atomic E-state index is 0.107. The number of ether oxygens (including phenoxy) is 4. The molecule has 17 nitrogen and oxygen atoms in total. The van der Waals surface area contributed by atoms with Gasteiger partial charge in [-0.25, -0.2) is 9.13 Å². The summed E-state index contributed by atoms with van der Waals surface area (Å²) in [6.45, 7) is 4.91. The number of carbonyl (C=O) groups is 4. The number of esters is 4. The second kappa shape index (κ2) is 65.7. The Bertz CT molecular complexity index is 1720. The number of hydrogen-bond acceptors (Lipinski definition) is 15. The summed E-state index contributed by atoms with van der Waals surface area (Å²) < 4.78 is 68.2. The van der Waals surface area contributed by atoms with E-state index in [9.17, 15) is 43.2 Å². The zero-order chi connectivity index (χ0) is 66.1. The summed E-state index contributed by atoms with van der Waals surface area (Å²) in [4.78, 5) is 72.4. The summed E-state index contributed by atoms with van der Waals surface area (Å²) in [6.07, 6.45) is 54.2. The molecule has 3 N–H and O–H groups in total. The minimum atomic E-state index is -4.95. The van der Waals surface area contributed by atoms with Gasteiger partial charge in [0, 0.05) is 25.7 Å². The van der Waals surface area contributed by atoms with E-state index in [4.69, 9.17) is 37.0 Å². The summed E-state index contributed by atoms with van der Waals surface area (Å²) >= 11 is 0. The molecule has 0 fully saturated rings. The molecule has 0 aliphatic carbocycles. The maximum absolute atomic E-state index is 13.0. The van der Waals surface area contributed by atoms with E-state index in [0.717, 1.165) is 103 Å². The molecule has 0 aromatic heterocycles. The Kier molecular flexibility index (Phi) is 64.3. The Morgan fingerprint density at radius 2 is 0.444 bits per heavy atom. The van der Waals surface area contributed by atoms with Gasteiger partial charge in [0.05, 0.1) is 26.4 Å². The van der Waals surface area contributed by atoms with Gasteiger partial charge in [0.15, 0.2) is 12.2 Å². The molecular formula is C71H138O17P2. The summed E-state index contributed by atoms with van der Waals surface area (Å²) in [5, 5.41) is 10.6. The highest BCUT2D eigenvalue weighted by Crippen LogP contribution is 2.45. The van der Waals surface area contributed by atoms with E-state index in [1.807, 2.05) is 0 Å². The average molecular weight is 1330 g/mol. The van der Waals surface area contributed by atoms with Gasteiger partial charge < -0.3 is 33.8 Å². The maximum Gasteiger partial charge on any atom is 0.472 e. The van der Waals surface area contributed by atoms with Crippen LogP contribution in [0.2, 0.25) is 0 Å². The summed E-state index contributed by atoms with van der Waals surface area (Å²) in [5.74, 6) is -2.12. The average Bonchev–Trinajstić information content (AvgIpc) is 3.07. The first-order valence-electron chi connectivity index (χ1n) is 37.3. The number of phosphoric acid groups is 2. The highest BCUT2D eigenvalue weighted by molar-refractivity contribution is 7.47. The Hall–Kier alpha value is -1.94. The van der Waals surface area contributed by atoms with E-state index >= 15 is 0 Å². The Morgan fingerprint density at radius 1 is 0.267 bits per heavy atom. The molecule has 19 heteroatoms. The molecule has 0 saturated heterocycles. The van der Waals surface area contributed by atoms with Gasteiger partial charge in [0.2, 0.25) is 0 Å². The minimum Gasteiger partial charge on any atom is -0.462 e. The van der Waals surface area contributed by atoms with E-state index in [-0.39, 0.29) is 25.7 Å². The second-order valence-corrected chi connectivity index (χ2v) is 28.5. The Balaban J connectivity index is 5.17. The van der Waals surface area contributed by atoms with Crippen molar-refractivity contribution in [3.63, 3.8) is 0 Å². The van der Waals surface area contributed by atoms with Gasteiger partial charge in [-0.05, 0) is 25.7 Å². The lowest BCUT2D eigenvalue weighted by molar-refractivity contribution is -0.161. The van der Waals surface area contributed by atoms with Gasteiger partial charge in [-0.3, -0.25) is 37.3 Å². The molecule has 0 aliphatic rings. The fourth-order valence-corrected chi connectivity index (χ4v) is 12.4. The Morgan fingerprint density at radius 3 is 0.656 bits per heavy atom. The molecule has 0 bridgehead atoms. The van der Waals surface area contributed by atoms with Crippen LogP contribution in [0, 0.1) is 0 Å². The first-order chi connectivity index (χ1) is 43.7. The molecular weight excluding hydrogens is 1190 g/mol. The van der Waals surface area contributed by atoms with E-state index in [1.54, 1.807) is 0 Å². The number of rotatable bonds is 72.